The van der Waals surface area contributed by atoms with Crippen LogP contribution in [0, 0.1) is 5.92 Å². The van der Waals surface area contributed by atoms with Crippen LogP contribution in [0.1, 0.15) is 37.3 Å². The number of hydrogen-bond donors (Lipinski definition) is 1. The molecule has 2 aliphatic heterocycles. The molecule has 2 aliphatic rings. The molecule has 1 atom stereocenters. The van der Waals surface area contributed by atoms with Gasteiger partial charge in [-0.3, -0.25) is 4.90 Å². The van der Waals surface area contributed by atoms with E-state index in [1.54, 1.807) is 0 Å². The van der Waals surface area contributed by atoms with Crippen LogP contribution in [-0.4, -0.2) is 44.5 Å². The Bertz CT molecular complexity index is 404. The lowest BCUT2D eigenvalue weighted by molar-refractivity contribution is 0.113. The Kier molecular flexibility index (Phi) is 3.61. The third-order valence-electron chi connectivity index (χ3n) is 4.16. The van der Waals surface area contributed by atoms with Crippen LogP contribution in [0.4, 0.5) is 0 Å². The average Bonchev–Trinajstić information content (AvgIpc) is 2.83. The molecule has 0 aromatic carbocycles. The fraction of sp³-hybridized carbons (Fsp3) is 0.846. The van der Waals surface area contributed by atoms with Gasteiger partial charge in [0.25, 0.3) is 0 Å². The number of piperidine rings is 1. The number of hydrogen-bond acceptors (Lipinski definition) is 4. The summed E-state index contributed by atoms with van der Waals surface area (Å²) in [6.45, 7) is 4.41. The highest BCUT2D eigenvalue weighted by Gasteiger charge is 2.22. The molecular weight excluding hydrogens is 228 g/mol. The lowest BCUT2D eigenvalue weighted by Crippen LogP contribution is -2.37. The summed E-state index contributed by atoms with van der Waals surface area (Å²) < 4.78 is 2.30. The zero-order chi connectivity index (χ0) is 12.4. The molecule has 0 aliphatic carbocycles. The Labute approximate surface area is 108 Å². The number of aliphatic hydroxyl groups excluding tert-OH is 1. The van der Waals surface area contributed by atoms with Crippen molar-refractivity contribution in [2.24, 2.45) is 5.92 Å². The van der Waals surface area contributed by atoms with Gasteiger partial charge in [0.1, 0.15) is 11.6 Å². The van der Waals surface area contributed by atoms with Gasteiger partial charge in [-0.1, -0.05) is 0 Å². The van der Waals surface area contributed by atoms with E-state index in [9.17, 15) is 5.11 Å². The fourth-order valence-corrected chi connectivity index (χ4v) is 3.13. The molecule has 0 bridgehead atoms. The summed E-state index contributed by atoms with van der Waals surface area (Å²) in [5.41, 5.74) is 0. The van der Waals surface area contributed by atoms with Crippen molar-refractivity contribution >= 4 is 0 Å². The summed E-state index contributed by atoms with van der Waals surface area (Å²) in [7, 11) is 0. The molecule has 1 N–H and O–H groups in total. The van der Waals surface area contributed by atoms with E-state index < -0.39 is 0 Å². The van der Waals surface area contributed by atoms with E-state index in [2.05, 4.69) is 19.7 Å². The van der Waals surface area contributed by atoms with Gasteiger partial charge >= 0.3 is 0 Å². The average molecular weight is 250 g/mol. The summed E-state index contributed by atoms with van der Waals surface area (Å²) in [6.07, 6.45) is 5.91. The quantitative estimate of drug-likeness (QED) is 0.863. The minimum atomic E-state index is 0.314. The molecule has 18 heavy (non-hydrogen) atoms. The van der Waals surface area contributed by atoms with Crippen LogP contribution in [0.2, 0.25) is 0 Å². The molecule has 1 aromatic heterocycles. The first-order chi connectivity index (χ1) is 8.86. The van der Waals surface area contributed by atoms with Crippen LogP contribution < -0.4 is 0 Å². The van der Waals surface area contributed by atoms with Gasteiger partial charge in [-0.05, 0) is 38.1 Å². The maximum atomic E-state index is 9.27. The van der Waals surface area contributed by atoms with Crippen molar-refractivity contribution in [1.29, 1.82) is 0 Å². The van der Waals surface area contributed by atoms with Crippen molar-refractivity contribution in [2.45, 2.75) is 45.2 Å². The second kappa shape index (κ2) is 5.36. The van der Waals surface area contributed by atoms with Gasteiger partial charge in [0, 0.05) is 26.1 Å². The van der Waals surface area contributed by atoms with Gasteiger partial charge in [0.15, 0.2) is 0 Å². The summed E-state index contributed by atoms with van der Waals surface area (Å²) in [6, 6.07) is 0. The molecule has 0 saturated carbocycles. The van der Waals surface area contributed by atoms with E-state index in [4.69, 9.17) is 0 Å². The van der Waals surface area contributed by atoms with E-state index in [0.29, 0.717) is 12.5 Å². The number of rotatable bonds is 3. The first-order valence-corrected chi connectivity index (χ1v) is 7.11. The Hall–Kier alpha value is -0.940. The molecule has 0 radical (unpaired) electrons. The molecule has 0 spiro atoms. The Morgan fingerprint density at radius 1 is 1.17 bits per heavy atom. The second-order valence-corrected chi connectivity index (χ2v) is 5.57. The molecule has 100 valence electrons. The van der Waals surface area contributed by atoms with Crippen molar-refractivity contribution in [3.63, 3.8) is 0 Å². The number of likely N-dealkylation sites (tertiary alicyclic amines) is 1. The zero-order valence-electron chi connectivity index (χ0n) is 10.9. The molecule has 5 heteroatoms. The van der Waals surface area contributed by atoms with Crippen LogP contribution in [0.3, 0.4) is 0 Å². The van der Waals surface area contributed by atoms with Crippen molar-refractivity contribution in [3.8, 4) is 0 Å². The molecule has 1 aromatic rings. The van der Waals surface area contributed by atoms with Gasteiger partial charge in [-0.25, -0.2) is 0 Å². The van der Waals surface area contributed by atoms with Crippen molar-refractivity contribution < 1.29 is 5.11 Å². The van der Waals surface area contributed by atoms with Crippen molar-refractivity contribution in [1.82, 2.24) is 19.7 Å². The van der Waals surface area contributed by atoms with E-state index in [-0.39, 0.29) is 0 Å². The summed E-state index contributed by atoms with van der Waals surface area (Å²) in [4.78, 5) is 2.41. The third-order valence-corrected chi connectivity index (χ3v) is 4.16. The molecule has 1 saturated heterocycles. The first kappa shape index (κ1) is 12.1. The van der Waals surface area contributed by atoms with Crippen LogP contribution in [0.25, 0.3) is 0 Å². The topological polar surface area (TPSA) is 54.2 Å². The maximum Gasteiger partial charge on any atom is 0.147 e. The molecule has 3 heterocycles. The monoisotopic (exact) mass is 250 g/mol. The van der Waals surface area contributed by atoms with Crippen LogP contribution >= 0.6 is 0 Å². The van der Waals surface area contributed by atoms with E-state index >= 15 is 0 Å². The number of aromatic nitrogens is 3. The van der Waals surface area contributed by atoms with E-state index in [1.807, 2.05) is 0 Å². The smallest absolute Gasteiger partial charge is 0.147 e. The standard InChI is InChI=1S/C13H22N4O/c18-10-11-4-3-6-16(8-11)9-13-15-14-12-5-1-2-7-17(12)13/h11,18H,1-10H2. The van der Waals surface area contributed by atoms with Gasteiger partial charge < -0.3 is 9.67 Å². The lowest BCUT2D eigenvalue weighted by atomic mass is 9.99. The predicted molar refractivity (Wildman–Crippen MR) is 68.0 cm³/mol. The number of aryl methyl sites for hydroxylation is 1. The first-order valence-electron chi connectivity index (χ1n) is 7.11. The third kappa shape index (κ3) is 2.42. The summed E-state index contributed by atoms with van der Waals surface area (Å²) >= 11 is 0. The van der Waals surface area contributed by atoms with Crippen LogP contribution in [0.15, 0.2) is 0 Å². The van der Waals surface area contributed by atoms with Crippen molar-refractivity contribution in [2.75, 3.05) is 19.7 Å². The lowest BCUT2D eigenvalue weighted by Gasteiger charge is -2.31. The molecular formula is C13H22N4O. The molecule has 3 rings (SSSR count). The highest BCUT2D eigenvalue weighted by Crippen LogP contribution is 2.19. The normalized spacial score (nSPS) is 25.1. The van der Waals surface area contributed by atoms with E-state index in [0.717, 1.165) is 50.7 Å². The molecule has 1 fully saturated rings. The Balaban J connectivity index is 1.67. The van der Waals surface area contributed by atoms with Gasteiger partial charge in [0.05, 0.1) is 6.54 Å². The van der Waals surface area contributed by atoms with Crippen LogP contribution in [0.5, 0.6) is 0 Å². The molecule has 1 unspecified atom stereocenters. The zero-order valence-corrected chi connectivity index (χ0v) is 10.9. The van der Waals surface area contributed by atoms with Crippen LogP contribution in [-0.2, 0) is 19.5 Å². The van der Waals surface area contributed by atoms with Crippen molar-refractivity contribution in [3.05, 3.63) is 11.6 Å². The molecule has 0 amide bonds. The fourth-order valence-electron chi connectivity index (χ4n) is 3.13. The highest BCUT2D eigenvalue weighted by molar-refractivity contribution is 4.99. The van der Waals surface area contributed by atoms with Gasteiger partial charge in [-0.2, -0.15) is 0 Å². The predicted octanol–water partition coefficient (Wildman–Crippen LogP) is 0.819. The summed E-state index contributed by atoms with van der Waals surface area (Å²) in [5, 5.41) is 17.9. The Morgan fingerprint density at radius 3 is 3.00 bits per heavy atom. The minimum absolute atomic E-state index is 0.314. The summed E-state index contributed by atoms with van der Waals surface area (Å²) in [5.74, 6) is 2.72. The number of fused-ring (bicyclic) bond motifs is 1. The molecule has 5 nitrogen and oxygen atoms in total. The second-order valence-electron chi connectivity index (χ2n) is 5.57. The number of nitrogens with zero attached hydrogens (tertiary/aromatic N) is 4. The highest BCUT2D eigenvalue weighted by atomic mass is 16.3. The largest absolute Gasteiger partial charge is 0.396 e. The van der Waals surface area contributed by atoms with Gasteiger partial charge in [-0.15, -0.1) is 10.2 Å². The maximum absolute atomic E-state index is 9.27. The van der Waals surface area contributed by atoms with E-state index in [1.165, 1.54) is 19.3 Å². The Morgan fingerprint density at radius 2 is 2.11 bits per heavy atom. The SMILES string of the molecule is OCC1CCCN(Cc2nnc3n2CCCC3)C1. The number of aliphatic hydroxyl groups is 1. The minimum Gasteiger partial charge on any atom is -0.396 e. The van der Waals surface area contributed by atoms with Gasteiger partial charge in [0.2, 0.25) is 0 Å².